The fourth-order valence-electron chi connectivity index (χ4n) is 15.7. The third kappa shape index (κ3) is 7.80. The van der Waals surface area contributed by atoms with Crippen LogP contribution in [0.1, 0.15) is 136 Å². The molecule has 1 heterocycles. The molecule has 6 fully saturated rings. The number of ether oxygens (including phenoxy) is 3. The Morgan fingerprint density at radius 1 is 0.873 bits per heavy atom. The zero-order valence-corrected chi connectivity index (χ0v) is 38.9. The van der Waals surface area contributed by atoms with E-state index in [1.807, 2.05) is 7.05 Å². The molecular formula is C51H79NO11. The van der Waals surface area contributed by atoms with Gasteiger partial charge in [-0.05, 0) is 141 Å². The molecule has 8 rings (SSSR count). The molecule has 0 radical (unpaired) electrons. The minimum absolute atomic E-state index is 0.00307. The molecule has 1 aliphatic heterocycles. The van der Waals surface area contributed by atoms with Gasteiger partial charge >= 0.3 is 5.97 Å². The Morgan fingerprint density at radius 2 is 1.56 bits per heavy atom. The molecule has 12 heteroatoms. The van der Waals surface area contributed by atoms with Crippen molar-refractivity contribution in [1.82, 2.24) is 5.32 Å². The van der Waals surface area contributed by atoms with E-state index < -0.39 is 64.6 Å². The van der Waals surface area contributed by atoms with E-state index in [0.717, 1.165) is 69.0 Å². The van der Waals surface area contributed by atoms with E-state index in [4.69, 9.17) is 14.2 Å². The molecule has 0 aromatic heterocycles. The van der Waals surface area contributed by atoms with Crippen molar-refractivity contribution in [2.45, 2.75) is 180 Å². The minimum Gasteiger partial charge on any atom is -0.481 e. The SMILES string of the molecule is CNCc1ccc(COC2CC3(C)C(CCC4(C)C3C(CCC3(O)CCCC3)C=C3C5CC(C)(CO)CCC5(C(=O)O)CCC34C)C(C)(CO)C2OC2OCC(O)C(O)C2O)cc1. The van der Waals surface area contributed by atoms with Crippen molar-refractivity contribution in [3.63, 3.8) is 0 Å². The zero-order valence-electron chi connectivity index (χ0n) is 38.9. The summed E-state index contributed by atoms with van der Waals surface area (Å²) in [6.07, 6.45) is 6.07. The zero-order chi connectivity index (χ0) is 45.4. The molecule has 0 spiro atoms. The quantitative estimate of drug-likeness (QED) is 0.0869. The summed E-state index contributed by atoms with van der Waals surface area (Å²) in [4.78, 5) is 13.6. The van der Waals surface area contributed by atoms with Crippen molar-refractivity contribution in [2.75, 3.05) is 26.9 Å². The molecule has 8 N–H and O–H groups in total. The summed E-state index contributed by atoms with van der Waals surface area (Å²) in [5.74, 6) is -0.931. The highest BCUT2D eigenvalue weighted by Gasteiger charge is 2.73. The molecule has 12 nitrogen and oxygen atoms in total. The van der Waals surface area contributed by atoms with E-state index in [2.05, 4.69) is 70.3 Å². The molecule has 1 saturated heterocycles. The minimum atomic E-state index is -1.51. The third-order valence-electron chi connectivity index (χ3n) is 19.5. The Labute approximate surface area is 375 Å². The summed E-state index contributed by atoms with van der Waals surface area (Å²) in [6, 6.07) is 8.30. The first-order valence-electron chi connectivity index (χ1n) is 24.3. The van der Waals surface area contributed by atoms with Gasteiger partial charge in [0.15, 0.2) is 6.29 Å². The summed E-state index contributed by atoms with van der Waals surface area (Å²) in [7, 11) is 1.92. The molecule has 1 aromatic carbocycles. The maximum absolute atomic E-state index is 13.6. The number of carbonyl (C=O) groups is 1. The summed E-state index contributed by atoms with van der Waals surface area (Å²) >= 11 is 0. The van der Waals surface area contributed by atoms with Crippen molar-refractivity contribution < 1.29 is 54.8 Å². The molecule has 0 amide bonds. The molecule has 354 valence electrons. The number of hydrogen-bond acceptors (Lipinski definition) is 11. The van der Waals surface area contributed by atoms with E-state index in [0.29, 0.717) is 38.5 Å². The van der Waals surface area contributed by atoms with Crippen molar-refractivity contribution >= 4 is 5.97 Å². The fraction of sp³-hybridized carbons (Fsp3) is 0.824. The molecule has 63 heavy (non-hydrogen) atoms. The highest BCUT2D eigenvalue weighted by atomic mass is 16.7. The predicted octanol–water partition coefficient (Wildman–Crippen LogP) is 5.87. The van der Waals surface area contributed by atoms with Crippen LogP contribution in [-0.2, 0) is 32.2 Å². The van der Waals surface area contributed by atoms with Gasteiger partial charge < -0.3 is 55.3 Å². The van der Waals surface area contributed by atoms with E-state index in [-0.39, 0.29) is 66.3 Å². The largest absolute Gasteiger partial charge is 0.481 e. The van der Waals surface area contributed by atoms with E-state index in [9.17, 15) is 40.5 Å². The lowest BCUT2D eigenvalue weighted by molar-refractivity contribution is -0.334. The second-order valence-corrected chi connectivity index (χ2v) is 23.1. The fourth-order valence-corrected chi connectivity index (χ4v) is 15.7. The number of hydrogen-bond donors (Lipinski definition) is 8. The van der Waals surface area contributed by atoms with E-state index >= 15 is 0 Å². The van der Waals surface area contributed by atoms with Gasteiger partial charge in [-0.2, -0.15) is 0 Å². The standard InChI is InChI=1S/C51H79NO11/c1-45(29-53)19-21-51(44(58)59)22-20-48(4)34(35(51)24-45)23-33(13-18-50(60)15-7-8-16-50)41-46(2)25-37(61-27-32-11-9-31(10-12-32)26-52-6)42(63-43-40(57)39(56)36(55)28-62-43)47(3,30-54)38(46)14-17-49(41,48)5/h9-12,23,33,35-43,52-57,60H,7-8,13-22,24-30H2,1-6H3,(H,58,59). The van der Waals surface area contributed by atoms with Gasteiger partial charge in [-0.25, -0.2) is 0 Å². The Morgan fingerprint density at radius 3 is 2.21 bits per heavy atom. The van der Waals surface area contributed by atoms with Crippen LogP contribution < -0.4 is 5.32 Å². The topological polar surface area (TPSA) is 198 Å². The molecule has 16 atom stereocenters. The number of fused-ring (bicyclic) bond motifs is 7. The molecule has 16 unspecified atom stereocenters. The summed E-state index contributed by atoms with van der Waals surface area (Å²) in [5, 5.41) is 81.1. The second-order valence-electron chi connectivity index (χ2n) is 23.1. The van der Waals surface area contributed by atoms with Crippen LogP contribution in [0.15, 0.2) is 35.9 Å². The van der Waals surface area contributed by atoms with Crippen LogP contribution in [0.4, 0.5) is 0 Å². The third-order valence-corrected chi connectivity index (χ3v) is 19.5. The lowest BCUT2D eigenvalue weighted by Crippen LogP contribution is -2.70. The first-order chi connectivity index (χ1) is 29.8. The number of carboxylic acids is 1. The average molecular weight is 882 g/mol. The van der Waals surface area contributed by atoms with Crippen LogP contribution in [0.2, 0.25) is 0 Å². The number of carboxylic acid groups (broad SMARTS) is 1. The number of rotatable bonds is 13. The van der Waals surface area contributed by atoms with E-state index in [1.54, 1.807) is 0 Å². The number of aliphatic hydroxyl groups excluding tert-OH is 5. The predicted molar refractivity (Wildman–Crippen MR) is 237 cm³/mol. The lowest BCUT2D eigenvalue weighted by Gasteiger charge is -2.73. The number of nitrogens with one attached hydrogen (secondary N) is 1. The van der Waals surface area contributed by atoms with Crippen LogP contribution in [0, 0.1) is 56.2 Å². The highest BCUT2D eigenvalue weighted by Crippen LogP contribution is 2.77. The molecular weight excluding hydrogens is 803 g/mol. The molecule has 6 aliphatic carbocycles. The smallest absolute Gasteiger partial charge is 0.310 e. The first-order valence-corrected chi connectivity index (χ1v) is 24.3. The van der Waals surface area contributed by atoms with Gasteiger partial charge in [0.2, 0.25) is 0 Å². The monoisotopic (exact) mass is 882 g/mol. The molecule has 0 bridgehead atoms. The number of aliphatic carboxylic acids is 1. The average Bonchev–Trinajstić information content (AvgIpc) is 3.70. The van der Waals surface area contributed by atoms with Gasteiger partial charge in [0.1, 0.15) is 18.3 Å². The normalized spacial score (nSPS) is 46.8. The number of benzene rings is 1. The van der Waals surface area contributed by atoms with Gasteiger partial charge in [-0.15, -0.1) is 0 Å². The molecule has 1 aromatic rings. The van der Waals surface area contributed by atoms with Crippen LogP contribution in [0.3, 0.4) is 0 Å². The Bertz CT molecular complexity index is 1840. The van der Waals surface area contributed by atoms with Crippen molar-refractivity contribution in [3.05, 3.63) is 47.0 Å². The van der Waals surface area contributed by atoms with E-state index in [1.165, 1.54) is 5.57 Å². The summed E-state index contributed by atoms with van der Waals surface area (Å²) in [6.45, 7) is 12.1. The van der Waals surface area contributed by atoms with Gasteiger partial charge in [-0.1, -0.05) is 83.4 Å². The van der Waals surface area contributed by atoms with Gasteiger partial charge in [0.25, 0.3) is 0 Å². The molecule has 5 saturated carbocycles. The van der Waals surface area contributed by atoms with Crippen molar-refractivity contribution in [2.24, 2.45) is 56.2 Å². The molecule has 7 aliphatic rings. The highest BCUT2D eigenvalue weighted by molar-refractivity contribution is 5.76. The van der Waals surface area contributed by atoms with Gasteiger partial charge in [0, 0.05) is 18.6 Å². The maximum Gasteiger partial charge on any atom is 0.310 e. The Hall–Kier alpha value is -1.97. The van der Waals surface area contributed by atoms with Crippen LogP contribution in [0.5, 0.6) is 0 Å². The Balaban J connectivity index is 1.24. The second kappa shape index (κ2) is 17.3. The van der Waals surface area contributed by atoms with Gasteiger partial charge in [0.05, 0.1) is 43.0 Å². The van der Waals surface area contributed by atoms with Crippen molar-refractivity contribution in [3.8, 4) is 0 Å². The van der Waals surface area contributed by atoms with Crippen LogP contribution in [-0.4, -0.2) is 111 Å². The summed E-state index contributed by atoms with van der Waals surface area (Å²) in [5.41, 5.74) is -0.562. The number of aliphatic hydroxyl groups is 6. The Kier molecular flexibility index (Phi) is 13.0. The van der Waals surface area contributed by atoms with Crippen molar-refractivity contribution in [1.29, 1.82) is 0 Å². The lowest BCUT2D eigenvalue weighted by atomic mass is 9.31. The van der Waals surface area contributed by atoms with Crippen LogP contribution in [0.25, 0.3) is 0 Å². The van der Waals surface area contributed by atoms with Gasteiger partial charge in [-0.3, -0.25) is 4.79 Å². The number of allylic oxidation sites excluding steroid dienone is 2. The maximum atomic E-state index is 13.6. The first kappa shape index (κ1) is 47.5. The summed E-state index contributed by atoms with van der Waals surface area (Å²) < 4.78 is 19.7. The van der Waals surface area contributed by atoms with Crippen LogP contribution >= 0.6 is 0 Å².